The van der Waals surface area contributed by atoms with E-state index in [-0.39, 0.29) is 0 Å². The molecule has 0 aromatic heterocycles. The lowest BCUT2D eigenvalue weighted by molar-refractivity contribution is 0.0326. The molecule has 0 spiro atoms. The minimum absolute atomic E-state index is 0.481. The van der Waals surface area contributed by atoms with Crippen LogP contribution < -0.4 is 4.74 Å². The van der Waals surface area contributed by atoms with Crippen LogP contribution in [-0.4, -0.2) is 23.4 Å². The van der Waals surface area contributed by atoms with Gasteiger partial charge in [-0.05, 0) is 33.4 Å². The van der Waals surface area contributed by atoms with Gasteiger partial charge in [0.05, 0.1) is 13.2 Å². The lowest BCUT2D eigenvalue weighted by Crippen LogP contribution is -2.11. The van der Waals surface area contributed by atoms with Gasteiger partial charge in [0.2, 0.25) is 0 Å². The molecule has 3 aromatic carbocycles. The molecule has 4 rings (SSSR count). The molecule has 3 aromatic rings. The first-order valence-corrected chi connectivity index (χ1v) is 7.08. The number of aliphatic hydroxyl groups is 2. The maximum absolute atomic E-state index is 10.1. The molecular formula is C18H16O3. The van der Waals surface area contributed by atoms with E-state index in [1.807, 2.05) is 18.2 Å². The molecule has 1 aliphatic carbocycles. The van der Waals surface area contributed by atoms with Gasteiger partial charge in [0.25, 0.3) is 0 Å². The first kappa shape index (κ1) is 12.6. The van der Waals surface area contributed by atoms with E-state index in [2.05, 4.69) is 24.3 Å². The second-order valence-corrected chi connectivity index (χ2v) is 5.57. The molecule has 0 heterocycles. The highest BCUT2D eigenvalue weighted by Crippen LogP contribution is 2.43. The van der Waals surface area contributed by atoms with Gasteiger partial charge in [-0.2, -0.15) is 0 Å². The van der Waals surface area contributed by atoms with Crippen molar-refractivity contribution in [3.8, 4) is 5.75 Å². The number of hydrogen-bond donors (Lipinski definition) is 2. The van der Waals surface area contributed by atoms with Crippen LogP contribution in [0.25, 0.3) is 21.5 Å². The normalized spacial score (nSPS) is 20.9. The SMILES string of the molecule is COc1cc2c(c3ccc4ccccc4c13)C[C@@H](O)[C@@H]2O. The molecule has 1 aliphatic rings. The summed E-state index contributed by atoms with van der Waals surface area (Å²) < 4.78 is 5.55. The van der Waals surface area contributed by atoms with Crippen LogP contribution in [0.2, 0.25) is 0 Å². The molecule has 3 nitrogen and oxygen atoms in total. The zero-order valence-electron chi connectivity index (χ0n) is 11.7. The van der Waals surface area contributed by atoms with E-state index in [9.17, 15) is 10.2 Å². The molecule has 0 amide bonds. The highest BCUT2D eigenvalue weighted by Gasteiger charge is 2.32. The lowest BCUT2D eigenvalue weighted by atomic mass is 9.95. The van der Waals surface area contributed by atoms with Crippen molar-refractivity contribution in [1.29, 1.82) is 0 Å². The van der Waals surface area contributed by atoms with E-state index in [4.69, 9.17) is 4.74 Å². The number of rotatable bonds is 1. The summed E-state index contributed by atoms with van der Waals surface area (Å²) in [6.45, 7) is 0. The van der Waals surface area contributed by atoms with Gasteiger partial charge >= 0.3 is 0 Å². The Kier molecular flexibility index (Phi) is 2.67. The number of ether oxygens (including phenoxy) is 1. The summed E-state index contributed by atoms with van der Waals surface area (Å²) in [5.74, 6) is 0.744. The van der Waals surface area contributed by atoms with Crippen molar-refractivity contribution in [3.63, 3.8) is 0 Å². The van der Waals surface area contributed by atoms with Crippen LogP contribution in [0.15, 0.2) is 42.5 Å². The molecule has 0 aliphatic heterocycles. The highest BCUT2D eigenvalue weighted by atomic mass is 16.5. The summed E-state index contributed by atoms with van der Waals surface area (Å²) >= 11 is 0. The van der Waals surface area contributed by atoms with E-state index < -0.39 is 12.2 Å². The minimum Gasteiger partial charge on any atom is -0.496 e. The first-order valence-electron chi connectivity index (χ1n) is 7.08. The molecule has 0 bridgehead atoms. The second kappa shape index (κ2) is 4.45. The topological polar surface area (TPSA) is 49.7 Å². The van der Waals surface area contributed by atoms with E-state index in [0.717, 1.165) is 38.4 Å². The van der Waals surface area contributed by atoms with Crippen molar-refractivity contribution in [2.45, 2.75) is 18.6 Å². The van der Waals surface area contributed by atoms with Crippen molar-refractivity contribution in [2.24, 2.45) is 0 Å². The van der Waals surface area contributed by atoms with Gasteiger partial charge in [-0.25, -0.2) is 0 Å². The van der Waals surface area contributed by atoms with Crippen molar-refractivity contribution >= 4 is 21.5 Å². The summed E-state index contributed by atoms with van der Waals surface area (Å²) in [4.78, 5) is 0. The zero-order chi connectivity index (χ0) is 14.6. The average molecular weight is 280 g/mol. The maximum Gasteiger partial charge on any atom is 0.127 e. The fourth-order valence-corrected chi connectivity index (χ4v) is 3.43. The fraction of sp³-hybridized carbons (Fsp3) is 0.222. The Morgan fingerprint density at radius 2 is 1.86 bits per heavy atom. The van der Waals surface area contributed by atoms with E-state index in [1.54, 1.807) is 7.11 Å². The summed E-state index contributed by atoms with van der Waals surface area (Å²) in [5, 5.41) is 24.5. The van der Waals surface area contributed by atoms with Crippen molar-refractivity contribution in [2.75, 3.05) is 7.11 Å². The standard InChI is InChI=1S/C18H16O3/c1-21-16-9-14-13(8-15(19)18(14)20)12-7-6-10-4-2-3-5-11(10)17(12)16/h2-7,9,15,18-20H,8H2,1H3/t15-,18-/m1/s1. The first-order chi connectivity index (χ1) is 10.2. The van der Waals surface area contributed by atoms with Crippen molar-refractivity contribution < 1.29 is 14.9 Å². The van der Waals surface area contributed by atoms with Crippen molar-refractivity contribution in [3.05, 3.63) is 53.6 Å². The summed E-state index contributed by atoms with van der Waals surface area (Å²) in [5.41, 5.74) is 1.80. The van der Waals surface area contributed by atoms with Crippen LogP contribution in [0.4, 0.5) is 0 Å². The molecule has 2 N–H and O–H groups in total. The fourth-order valence-electron chi connectivity index (χ4n) is 3.43. The third-order valence-electron chi connectivity index (χ3n) is 4.45. The summed E-state index contributed by atoms with van der Waals surface area (Å²) in [7, 11) is 1.64. The average Bonchev–Trinajstić information content (AvgIpc) is 2.81. The van der Waals surface area contributed by atoms with Crippen LogP contribution in [0.1, 0.15) is 17.2 Å². The number of methoxy groups -OCH3 is 1. The second-order valence-electron chi connectivity index (χ2n) is 5.57. The van der Waals surface area contributed by atoms with Gasteiger partial charge in [0, 0.05) is 11.8 Å². The molecule has 2 atom stereocenters. The Balaban J connectivity index is 2.18. The van der Waals surface area contributed by atoms with Gasteiger partial charge in [-0.1, -0.05) is 36.4 Å². The molecule has 0 fully saturated rings. The number of benzene rings is 3. The Morgan fingerprint density at radius 1 is 1.05 bits per heavy atom. The molecule has 0 unspecified atom stereocenters. The molecule has 21 heavy (non-hydrogen) atoms. The molecular weight excluding hydrogens is 264 g/mol. The van der Waals surface area contributed by atoms with Crippen LogP contribution in [0.5, 0.6) is 5.75 Å². The van der Waals surface area contributed by atoms with Gasteiger partial charge in [0.15, 0.2) is 0 Å². The molecule has 0 saturated heterocycles. The Morgan fingerprint density at radius 3 is 2.67 bits per heavy atom. The number of aliphatic hydroxyl groups excluding tert-OH is 2. The van der Waals surface area contributed by atoms with Gasteiger partial charge in [-0.3, -0.25) is 0 Å². The monoisotopic (exact) mass is 280 g/mol. The van der Waals surface area contributed by atoms with Crippen molar-refractivity contribution in [1.82, 2.24) is 0 Å². The van der Waals surface area contributed by atoms with Crippen LogP contribution in [0, 0.1) is 0 Å². The van der Waals surface area contributed by atoms with Gasteiger partial charge in [0.1, 0.15) is 11.9 Å². The molecule has 0 radical (unpaired) electrons. The smallest absolute Gasteiger partial charge is 0.127 e. The van der Waals surface area contributed by atoms with Gasteiger partial charge < -0.3 is 14.9 Å². The van der Waals surface area contributed by atoms with E-state index in [0.29, 0.717) is 6.42 Å². The van der Waals surface area contributed by atoms with Crippen LogP contribution in [0.3, 0.4) is 0 Å². The molecule has 0 saturated carbocycles. The molecule has 3 heteroatoms. The van der Waals surface area contributed by atoms with Crippen LogP contribution in [-0.2, 0) is 6.42 Å². The van der Waals surface area contributed by atoms with E-state index >= 15 is 0 Å². The number of hydrogen-bond acceptors (Lipinski definition) is 3. The van der Waals surface area contributed by atoms with E-state index in [1.165, 1.54) is 0 Å². The van der Waals surface area contributed by atoms with Crippen LogP contribution >= 0.6 is 0 Å². The maximum atomic E-state index is 10.1. The third-order valence-corrected chi connectivity index (χ3v) is 4.45. The Bertz CT molecular complexity index is 854. The Labute approximate surface area is 122 Å². The minimum atomic E-state index is -0.829. The highest BCUT2D eigenvalue weighted by molar-refractivity contribution is 6.12. The third kappa shape index (κ3) is 1.68. The summed E-state index contributed by atoms with van der Waals surface area (Å²) in [6.07, 6.45) is -1.08. The lowest BCUT2D eigenvalue weighted by Gasteiger charge is -2.14. The number of fused-ring (bicyclic) bond motifs is 5. The molecule has 106 valence electrons. The zero-order valence-corrected chi connectivity index (χ0v) is 11.7. The Hall–Kier alpha value is -2.10. The van der Waals surface area contributed by atoms with Gasteiger partial charge in [-0.15, -0.1) is 0 Å². The largest absolute Gasteiger partial charge is 0.496 e. The predicted molar refractivity (Wildman–Crippen MR) is 82.7 cm³/mol. The summed E-state index contributed by atoms with van der Waals surface area (Å²) in [6, 6.07) is 14.2. The quantitative estimate of drug-likeness (QED) is 0.674. The predicted octanol–water partition coefficient (Wildman–Crippen LogP) is 2.95.